The van der Waals surface area contributed by atoms with Gasteiger partial charge in [0.2, 0.25) is 0 Å². The van der Waals surface area contributed by atoms with E-state index in [4.69, 9.17) is 9.47 Å². The minimum atomic E-state index is -0.423. The van der Waals surface area contributed by atoms with Crippen molar-refractivity contribution in [2.75, 3.05) is 19.7 Å². The minimum Gasteiger partial charge on any atom is -0.464 e. The summed E-state index contributed by atoms with van der Waals surface area (Å²) >= 11 is 0. The molecule has 0 bridgehead atoms. The summed E-state index contributed by atoms with van der Waals surface area (Å²) in [5.41, 5.74) is 0. The van der Waals surface area contributed by atoms with E-state index in [-0.39, 0.29) is 12.1 Å². The molecule has 1 saturated heterocycles. The molecule has 0 spiro atoms. The highest BCUT2D eigenvalue weighted by atomic mass is 16.6. The Balaban J connectivity index is 2.35. The molecule has 4 nitrogen and oxygen atoms in total. The van der Waals surface area contributed by atoms with E-state index in [0.29, 0.717) is 13.2 Å². The summed E-state index contributed by atoms with van der Waals surface area (Å²) in [5.74, 6) is -0.267. The van der Waals surface area contributed by atoms with Crippen LogP contribution in [-0.2, 0) is 14.3 Å². The average molecular weight is 173 g/mol. The number of nitrogens with one attached hydrogen (secondary N) is 1. The molecule has 4 heteroatoms. The first-order valence-electron chi connectivity index (χ1n) is 4.27. The molecule has 0 aromatic rings. The molecular weight excluding hydrogens is 158 g/mol. The number of morpholine rings is 1. The molecule has 1 aliphatic heterocycles. The summed E-state index contributed by atoms with van der Waals surface area (Å²) in [7, 11) is 0. The van der Waals surface area contributed by atoms with Crippen LogP contribution in [0.5, 0.6) is 0 Å². The van der Waals surface area contributed by atoms with Crippen molar-refractivity contribution in [2.24, 2.45) is 0 Å². The third-order valence-electron chi connectivity index (χ3n) is 1.71. The van der Waals surface area contributed by atoms with Gasteiger partial charge in [0, 0.05) is 13.1 Å². The number of hydrogen-bond donors (Lipinski definition) is 1. The first-order chi connectivity index (χ1) is 5.74. The summed E-state index contributed by atoms with van der Waals surface area (Å²) in [6.07, 6.45) is -0.332. The summed E-state index contributed by atoms with van der Waals surface area (Å²) in [5, 5.41) is 3.10. The van der Waals surface area contributed by atoms with Gasteiger partial charge in [-0.05, 0) is 13.8 Å². The van der Waals surface area contributed by atoms with E-state index in [9.17, 15) is 4.79 Å². The standard InChI is InChI=1S/C8H15NO3/c1-3-11-8(10)7-5-9-4-6(2)12-7/h6-7,9H,3-5H2,1-2H3/t6-,7+/m1/s1. The molecule has 0 aliphatic carbocycles. The van der Waals surface area contributed by atoms with Crippen LogP contribution in [0.25, 0.3) is 0 Å². The Bertz CT molecular complexity index is 160. The van der Waals surface area contributed by atoms with E-state index in [1.165, 1.54) is 0 Å². The number of hydrogen-bond acceptors (Lipinski definition) is 4. The zero-order valence-electron chi connectivity index (χ0n) is 7.50. The van der Waals surface area contributed by atoms with Gasteiger partial charge in [-0.15, -0.1) is 0 Å². The highest BCUT2D eigenvalue weighted by Crippen LogP contribution is 2.04. The van der Waals surface area contributed by atoms with Crippen molar-refractivity contribution < 1.29 is 14.3 Å². The third-order valence-corrected chi connectivity index (χ3v) is 1.71. The van der Waals surface area contributed by atoms with Gasteiger partial charge in [0.25, 0.3) is 0 Å². The van der Waals surface area contributed by atoms with Gasteiger partial charge < -0.3 is 14.8 Å². The van der Waals surface area contributed by atoms with Gasteiger partial charge in [-0.2, -0.15) is 0 Å². The smallest absolute Gasteiger partial charge is 0.336 e. The fraction of sp³-hybridized carbons (Fsp3) is 0.875. The Morgan fingerprint density at radius 2 is 2.42 bits per heavy atom. The van der Waals surface area contributed by atoms with Crippen LogP contribution in [0, 0.1) is 0 Å². The zero-order valence-corrected chi connectivity index (χ0v) is 7.50. The summed E-state index contributed by atoms with van der Waals surface area (Å²) in [6, 6.07) is 0. The van der Waals surface area contributed by atoms with Crippen molar-refractivity contribution in [3.8, 4) is 0 Å². The van der Waals surface area contributed by atoms with E-state index in [2.05, 4.69) is 5.32 Å². The van der Waals surface area contributed by atoms with E-state index in [0.717, 1.165) is 6.54 Å². The van der Waals surface area contributed by atoms with Gasteiger partial charge in [0.15, 0.2) is 6.10 Å². The van der Waals surface area contributed by atoms with Crippen LogP contribution in [0.1, 0.15) is 13.8 Å². The predicted octanol–water partition coefficient (Wildman–Crippen LogP) is -0.0736. The van der Waals surface area contributed by atoms with Crippen molar-refractivity contribution in [3.63, 3.8) is 0 Å². The van der Waals surface area contributed by atoms with Crippen LogP contribution < -0.4 is 5.32 Å². The van der Waals surface area contributed by atoms with Crippen molar-refractivity contribution >= 4 is 5.97 Å². The van der Waals surface area contributed by atoms with Gasteiger partial charge in [-0.25, -0.2) is 4.79 Å². The second-order valence-corrected chi connectivity index (χ2v) is 2.85. The molecule has 70 valence electrons. The molecular formula is C8H15NO3. The average Bonchev–Trinajstić information content (AvgIpc) is 2.05. The second-order valence-electron chi connectivity index (χ2n) is 2.85. The van der Waals surface area contributed by atoms with Crippen LogP contribution in [0.4, 0.5) is 0 Å². The summed E-state index contributed by atoms with van der Waals surface area (Å²) in [6.45, 7) is 5.49. The monoisotopic (exact) mass is 173 g/mol. The number of carbonyl (C=O) groups excluding carboxylic acids is 1. The van der Waals surface area contributed by atoms with E-state index in [1.807, 2.05) is 6.92 Å². The molecule has 1 aliphatic rings. The van der Waals surface area contributed by atoms with Gasteiger partial charge in [-0.3, -0.25) is 0 Å². The van der Waals surface area contributed by atoms with Gasteiger partial charge in [-0.1, -0.05) is 0 Å². The number of esters is 1. The molecule has 12 heavy (non-hydrogen) atoms. The topological polar surface area (TPSA) is 47.6 Å². The Morgan fingerprint density at radius 3 is 3.00 bits per heavy atom. The maximum absolute atomic E-state index is 11.2. The Morgan fingerprint density at radius 1 is 1.67 bits per heavy atom. The van der Waals surface area contributed by atoms with Gasteiger partial charge in [0.05, 0.1) is 12.7 Å². The van der Waals surface area contributed by atoms with Crippen molar-refractivity contribution in [2.45, 2.75) is 26.1 Å². The van der Waals surface area contributed by atoms with Crippen LogP contribution in [0.3, 0.4) is 0 Å². The zero-order chi connectivity index (χ0) is 8.97. The molecule has 0 amide bonds. The lowest BCUT2D eigenvalue weighted by atomic mass is 10.2. The van der Waals surface area contributed by atoms with Gasteiger partial charge in [0.1, 0.15) is 0 Å². The SMILES string of the molecule is CCOC(=O)[C@@H]1CNC[C@@H](C)O1. The molecule has 0 saturated carbocycles. The fourth-order valence-electron chi connectivity index (χ4n) is 1.17. The van der Waals surface area contributed by atoms with Crippen molar-refractivity contribution in [1.29, 1.82) is 0 Å². The molecule has 1 heterocycles. The lowest BCUT2D eigenvalue weighted by Gasteiger charge is -2.26. The number of carbonyl (C=O) groups is 1. The molecule has 1 rings (SSSR count). The lowest BCUT2D eigenvalue weighted by molar-refractivity contribution is -0.162. The Hall–Kier alpha value is -0.610. The highest BCUT2D eigenvalue weighted by Gasteiger charge is 2.26. The number of rotatable bonds is 2. The van der Waals surface area contributed by atoms with Crippen LogP contribution in [-0.4, -0.2) is 37.9 Å². The second kappa shape index (κ2) is 4.42. The summed E-state index contributed by atoms with van der Waals surface area (Å²) in [4.78, 5) is 11.2. The number of ether oxygens (including phenoxy) is 2. The quantitative estimate of drug-likeness (QED) is 0.594. The van der Waals surface area contributed by atoms with E-state index < -0.39 is 6.10 Å². The minimum absolute atomic E-state index is 0.0909. The molecule has 0 unspecified atom stereocenters. The van der Waals surface area contributed by atoms with E-state index in [1.54, 1.807) is 6.92 Å². The van der Waals surface area contributed by atoms with E-state index >= 15 is 0 Å². The molecule has 0 aromatic carbocycles. The highest BCUT2D eigenvalue weighted by molar-refractivity contribution is 5.75. The van der Waals surface area contributed by atoms with Crippen molar-refractivity contribution in [3.05, 3.63) is 0 Å². The summed E-state index contributed by atoms with van der Waals surface area (Å²) < 4.78 is 10.2. The van der Waals surface area contributed by atoms with Gasteiger partial charge >= 0.3 is 5.97 Å². The Kier molecular flexibility index (Phi) is 3.49. The molecule has 0 radical (unpaired) electrons. The largest absolute Gasteiger partial charge is 0.464 e. The first-order valence-corrected chi connectivity index (χ1v) is 4.27. The maximum Gasteiger partial charge on any atom is 0.336 e. The molecule has 0 aromatic heterocycles. The van der Waals surface area contributed by atoms with Crippen LogP contribution >= 0.6 is 0 Å². The molecule has 1 fully saturated rings. The van der Waals surface area contributed by atoms with Crippen LogP contribution in [0.2, 0.25) is 0 Å². The lowest BCUT2D eigenvalue weighted by Crippen LogP contribution is -2.47. The van der Waals surface area contributed by atoms with Crippen molar-refractivity contribution in [1.82, 2.24) is 5.32 Å². The van der Waals surface area contributed by atoms with Crippen LogP contribution in [0.15, 0.2) is 0 Å². The normalized spacial score (nSPS) is 29.8. The predicted molar refractivity (Wildman–Crippen MR) is 43.8 cm³/mol. The molecule has 1 N–H and O–H groups in total. The third kappa shape index (κ3) is 2.46. The first kappa shape index (κ1) is 9.48. The fourth-order valence-corrected chi connectivity index (χ4v) is 1.17. The molecule has 2 atom stereocenters. The Labute approximate surface area is 72.2 Å². The maximum atomic E-state index is 11.2.